The summed E-state index contributed by atoms with van der Waals surface area (Å²) in [5, 5.41) is 0.142. The number of piperazine rings is 1. The lowest BCUT2D eigenvalue weighted by molar-refractivity contribution is -0.137. The number of rotatable bonds is 3. The number of hydrogen-bond acceptors (Lipinski definition) is 7. The highest BCUT2D eigenvalue weighted by Crippen LogP contribution is 2.28. The average molecular weight is 422 g/mol. The van der Waals surface area contributed by atoms with E-state index in [1.165, 1.54) is 0 Å². The first-order valence-electron chi connectivity index (χ1n) is 9.89. The fraction of sp³-hybridized carbons (Fsp3) is 0.611. The average Bonchev–Trinajstić information content (AvgIpc) is 3.21. The van der Waals surface area contributed by atoms with Crippen molar-refractivity contribution in [3.8, 4) is 0 Å². The summed E-state index contributed by atoms with van der Waals surface area (Å²) in [5.41, 5.74) is 1.24. The van der Waals surface area contributed by atoms with Crippen molar-refractivity contribution in [1.29, 1.82) is 0 Å². The van der Waals surface area contributed by atoms with Crippen molar-refractivity contribution in [3.63, 3.8) is 0 Å². The predicted octanol–water partition coefficient (Wildman–Crippen LogP) is 1.52. The fourth-order valence-electron chi connectivity index (χ4n) is 3.97. The SMILES string of the molecule is CCOC(=O)N1CCN(C(=O)[C@H]2CCCN(c3nc(Cl)nc4nc[nH]c34)C2)CC1. The molecule has 0 aliphatic carbocycles. The van der Waals surface area contributed by atoms with Crippen LogP contribution in [-0.2, 0) is 9.53 Å². The Morgan fingerprint density at radius 1 is 1.21 bits per heavy atom. The van der Waals surface area contributed by atoms with Crippen LogP contribution in [-0.4, -0.2) is 87.6 Å². The molecule has 2 aromatic heterocycles. The van der Waals surface area contributed by atoms with E-state index in [9.17, 15) is 9.59 Å². The Bertz CT molecular complexity index is 897. The highest BCUT2D eigenvalue weighted by atomic mass is 35.5. The van der Waals surface area contributed by atoms with Crippen LogP contribution in [0.25, 0.3) is 11.2 Å². The molecule has 156 valence electrons. The molecule has 1 atom stereocenters. The second-order valence-corrected chi connectivity index (χ2v) is 7.55. The highest BCUT2D eigenvalue weighted by Gasteiger charge is 2.33. The summed E-state index contributed by atoms with van der Waals surface area (Å²) in [7, 11) is 0. The molecule has 29 heavy (non-hydrogen) atoms. The second-order valence-electron chi connectivity index (χ2n) is 7.21. The molecule has 10 nitrogen and oxygen atoms in total. The van der Waals surface area contributed by atoms with Gasteiger partial charge in [-0.3, -0.25) is 4.79 Å². The number of fused-ring (bicyclic) bond motifs is 1. The predicted molar refractivity (Wildman–Crippen MR) is 107 cm³/mol. The molecule has 2 aliphatic heterocycles. The van der Waals surface area contributed by atoms with Crippen LogP contribution in [0.1, 0.15) is 19.8 Å². The van der Waals surface area contributed by atoms with E-state index in [-0.39, 0.29) is 23.2 Å². The molecule has 2 amide bonds. The van der Waals surface area contributed by atoms with Gasteiger partial charge in [-0.15, -0.1) is 0 Å². The zero-order valence-corrected chi connectivity index (χ0v) is 17.1. The van der Waals surface area contributed by atoms with Crippen LogP contribution >= 0.6 is 11.6 Å². The summed E-state index contributed by atoms with van der Waals surface area (Å²) >= 11 is 6.06. The lowest BCUT2D eigenvalue weighted by Crippen LogP contribution is -2.53. The number of piperidine rings is 1. The molecular formula is C18H24ClN7O3. The Labute approximate surface area is 173 Å². The van der Waals surface area contributed by atoms with Gasteiger partial charge in [-0.25, -0.2) is 9.78 Å². The second kappa shape index (κ2) is 8.40. The lowest BCUT2D eigenvalue weighted by atomic mass is 9.96. The molecule has 11 heteroatoms. The van der Waals surface area contributed by atoms with E-state index < -0.39 is 0 Å². The summed E-state index contributed by atoms with van der Waals surface area (Å²) in [5.74, 6) is 0.686. The standard InChI is InChI=1S/C18H24ClN7O3/c1-2-29-18(28)25-8-6-24(7-9-25)16(27)12-4-3-5-26(10-12)15-13-14(21-11-20-13)22-17(19)23-15/h11-12H,2-10H2,1H3,(H,20,21,22,23)/t12-/m0/s1. The first-order chi connectivity index (χ1) is 14.1. The Morgan fingerprint density at radius 2 is 1.97 bits per heavy atom. The summed E-state index contributed by atoms with van der Waals surface area (Å²) in [6.07, 6.45) is 2.97. The van der Waals surface area contributed by atoms with E-state index in [0.29, 0.717) is 50.8 Å². The Kier molecular flexibility index (Phi) is 5.70. The van der Waals surface area contributed by atoms with Gasteiger partial charge in [0.15, 0.2) is 11.5 Å². The number of aromatic amines is 1. The van der Waals surface area contributed by atoms with E-state index >= 15 is 0 Å². The van der Waals surface area contributed by atoms with Crippen LogP contribution in [0.2, 0.25) is 5.28 Å². The van der Waals surface area contributed by atoms with Crippen molar-refractivity contribution in [2.24, 2.45) is 5.92 Å². The number of H-pyrrole nitrogens is 1. The summed E-state index contributed by atoms with van der Waals surface area (Å²) in [4.78, 5) is 46.3. The minimum absolute atomic E-state index is 0.121. The summed E-state index contributed by atoms with van der Waals surface area (Å²) in [6.45, 7) is 5.55. The van der Waals surface area contributed by atoms with Gasteiger partial charge in [0.1, 0.15) is 5.52 Å². The van der Waals surface area contributed by atoms with Crippen LogP contribution in [0.5, 0.6) is 0 Å². The third kappa shape index (κ3) is 4.07. The number of nitrogens with one attached hydrogen (secondary N) is 1. The molecule has 0 bridgehead atoms. The quantitative estimate of drug-likeness (QED) is 0.748. The molecule has 2 aliphatic rings. The fourth-order valence-corrected chi connectivity index (χ4v) is 4.13. The molecule has 0 saturated carbocycles. The zero-order valence-electron chi connectivity index (χ0n) is 16.3. The van der Waals surface area contributed by atoms with Crippen molar-refractivity contribution in [3.05, 3.63) is 11.6 Å². The van der Waals surface area contributed by atoms with Crippen molar-refractivity contribution in [2.75, 3.05) is 50.8 Å². The number of halogens is 1. The molecular weight excluding hydrogens is 398 g/mol. The maximum absolute atomic E-state index is 13.1. The Hall–Kier alpha value is -2.62. The van der Waals surface area contributed by atoms with Crippen LogP contribution in [0, 0.1) is 5.92 Å². The molecule has 0 radical (unpaired) electrons. The maximum atomic E-state index is 13.1. The third-order valence-electron chi connectivity index (χ3n) is 5.43. The number of hydrogen-bond donors (Lipinski definition) is 1. The topological polar surface area (TPSA) is 108 Å². The first-order valence-corrected chi connectivity index (χ1v) is 10.3. The van der Waals surface area contributed by atoms with Crippen molar-refractivity contribution >= 4 is 40.6 Å². The molecule has 4 heterocycles. The Morgan fingerprint density at radius 3 is 2.72 bits per heavy atom. The van der Waals surface area contributed by atoms with Crippen LogP contribution in [0.15, 0.2) is 6.33 Å². The van der Waals surface area contributed by atoms with E-state index in [1.54, 1.807) is 18.2 Å². The van der Waals surface area contributed by atoms with Gasteiger partial charge in [-0.1, -0.05) is 0 Å². The van der Waals surface area contributed by atoms with Gasteiger partial charge < -0.3 is 24.4 Å². The van der Waals surface area contributed by atoms with Gasteiger partial charge in [0.25, 0.3) is 0 Å². The molecule has 2 saturated heterocycles. The van der Waals surface area contributed by atoms with Crippen molar-refractivity contribution < 1.29 is 14.3 Å². The molecule has 0 aromatic carbocycles. The van der Waals surface area contributed by atoms with Gasteiger partial charge >= 0.3 is 6.09 Å². The minimum atomic E-state index is -0.312. The van der Waals surface area contributed by atoms with Crippen molar-refractivity contribution in [1.82, 2.24) is 29.7 Å². The molecule has 0 spiro atoms. The number of carbonyl (C=O) groups is 2. The Balaban J connectivity index is 1.42. The van der Waals surface area contributed by atoms with Crippen LogP contribution < -0.4 is 4.90 Å². The van der Waals surface area contributed by atoms with E-state index in [2.05, 4.69) is 24.8 Å². The van der Waals surface area contributed by atoms with Crippen molar-refractivity contribution in [2.45, 2.75) is 19.8 Å². The minimum Gasteiger partial charge on any atom is -0.450 e. The van der Waals surface area contributed by atoms with E-state index in [4.69, 9.17) is 16.3 Å². The molecule has 2 fully saturated rings. The first kappa shape index (κ1) is 19.7. The van der Waals surface area contributed by atoms with Gasteiger partial charge in [-0.05, 0) is 31.4 Å². The third-order valence-corrected chi connectivity index (χ3v) is 5.60. The number of amides is 2. The summed E-state index contributed by atoms with van der Waals surface area (Å²) in [6, 6.07) is 0. The number of ether oxygens (including phenoxy) is 1. The monoisotopic (exact) mass is 421 g/mol. The number of imidazole rings is 1. The zero-order chi connectivity index (χ0) is 20.4. The van der Waals surface area contributed by atoms with Gasteiger partial charge in [0.2, 0.25) is 11.2 Å². The smallest absolute Gasteiger partial charge is 0.409 e. The number of carbonyl (C=O) groups excluding carboxylic acids is 2. The van der Waals surface area contributed by atoms with E-state index in [0.717, 1.165) is 24.9 Å². The largest absolute Gasteiger partial charge is 0.450 e. The normalized spacial score (nSPS) is 20.2. The number of aromatic nitrogens is 4. The number of anilines is 1. The summed E-state index contributed by atoms with van der Waals surface area (Å²) < 4.78 is 5.04. The van der Waals surface area contributed by atoms with Crippen LogP contribution in [0.3, 0.4) is 0 Å². The van der Waals surface area contributed by atoms with E-state index in [1.807, 2.05) is 4.90 Å². The molecule has 2 aromatic rings. The van der Waals surface area contributed by atoms with Gasteiger partial charge in [0.05, 0.1) is 18.9 Å². The van der Waals surface area contributed by atoms with Gasteiger partial charge in [0, 0.05) is 39.3 Å². The lowest BCUT2D eigenvalue weighted by Gasteiger charge is -2.39. The maximum Gasteiger partial charge on any atom is 0.409 e. The highest BCUT2D eigenvalue weighted by molar-refractivity contribution is 6.28. The number of nitrogens with zero attached hydrogens (tertiary/aromatic N) is 6. The van der Waals surface area contributed by atoms with Crippen LogP contribution in [0.4, 0.5) is 10.6 Å². The molecule has 1 N–H and O–H groups in total. The van der Waals surface area contributed by atoms with Gasteiger partial charge in [-0.2, -0.15) is 9.97 Å². The molecule has 4 rings (SSSR count). The molecule has 0 unspecified atom stereocenters.